The summed E-state index contributed by atoms with van der Waals surface area (Å²) in [6.07, 6.45) is 0.719. The summed E-state index contributed by atoms with van der Waals surface area (Å²) in [7, 11) is -3.31. The Labute approximate surface area is 106 Å². The number of hydrogen-bond acceptors (Lipinski definition) is 6. The zero-order chi connectivity index (χ0) is 13.6. The van der Waals surface area contributed by atoms with Gasteiger partial charge < -0.3 is 10.1 Å². The van der Waals surface area contributed by atoms with Crippen molar-refractivity contribution < 1.29 is 13.2 Å². The van der Waals surface area contributed by atoms with E-state index in [1.165, 1.54) is 6.07 Å². The molecule has 1 atom stereocenters. The van der Waals surface area contributed by atoms with E-state index < -0.39 is 9.84 Å². The predicted molar refractivity (Wildman–Crippen MR) is 65.9 cm³/mol. The highest BCUT2D eigenvalue weighted by molar-refractivity contribution is 7.91. The molecule has 1 aromatic rings. The Bertz CT molecular complexity index is 486. The molecule has 1 unspecified atom stereocenters. The maximum Gasteiger partial charge on any atom is 0.197 e. The van der Waals surface area contributed by atoms with E-state index in [1.54, 1.807) is 19.9 Å². The number of nitrogens with one attached hydrogen (secondary N) is 2. The van der Waals surface area contributed by atoms with Crippen LogP contribution in [0.2, 0.25) is 0 Å². The van der Waals surface area contributed by atoms with Crippen LogP contribution in [0.25, 0.3) is 0 Å². The number of hydrogen-bond donors (Lipinski definition) is 2. The van der Waals surface area contributed by atoms with Crippen molar-refractivity contribution in [3.05, 3.63) is 17.8 Å². The van der Waals surface area contributed by atoms with Crippen LogP contribution in [0.5, 0.6) is 0 Å². The molecule has 0 aliphatic carbocycles. The van der Waals surface area contributed by atoms with Crippen LogP contribution in [0.3, 0.4) is 0 Å². The van der Waals surface area contributed by atoms with E-state index in [4.69, 9.17) is 10.1 Å². The van der Waals surface area contributed by atoms with Gasteiger partial charge in [-0.15, -0.1) is 5.10 Å². The van der Waals surface area contributed by atoms with Crippen LogP contribution >= 0.6 is 0 Å². The Morgan fingerprint density at radius 3 is 2.72 bits per heavy atom. The zero-order valence-corrected chi connectivity index (χ0v) is 11.1. The highest BCUT2D eigenvalue weighted by Crippen LogP contribution is 2.07. The summed E-state index contributed by atoms with van der Waals surface area (Å²) in [5, 5.41) is 16.9. The molecule has 0 aromatic carbocycles. The van der Waals surface area contributed by atoms with Crippen molar-refractivity contribution in [1.29, 1.82) is 5.41 Å². The molecular formula is C10H16N4O3S. The van der Waals surface area contributed by atoms with Gasteiger partial charge in [0, 0.05) is 0 Å². The van der Waals surface area contributed by atoms with Crippen LogP contribution in [-0.2, 0) is 21.2 Å². The van der Waals surface area contributed by atoms with Crippen LogP contribution in [0.1, 0.15) is 19.5 Å². The highest BCUT2D eigenvalue weighted by atomic mass is 32.2. The molecule has 0 aliphatic heterocycles. The van der Waals surface area contributed by atoms with E-state index in [0.29, 0.717) is 5.69 Å². The molecule has 2 N–H and O–H groups in total. The van der Waals surface area contributed by atoms with E-state index in [1.807, 2.05) is 0 Å². The van der Waals surface area contributed by atoms with Gasteiger partial charge in [0.2, 0.25) is 0 Å². The summed E-state index contributed by atoms with van der Waals surface area (Å²) < 4.78 is 28.3. The largest absolute Gasteiger partial charge is 0.353 e. The van der Waals surface area contributed by atoms with Crippen molar-refractivity contribution in [3.63, 3.8) is 0 Å². The summed E-state index contributed by atoms with van der Waals surface area (Å²) in [5.74, 6) is -0.00217. The zero-order valence-electron chi connectivity index (χ0n) is 10.3. The highest BCUT2D eigenvalue weighted by Gasteiger charge is 2.13. The molecule has 0 radical (unpaired) electrons. The molecule has 1 rings (SSSR count). The molecule has 0 spiro atoms. The summed E-state index contributed by atoms with van der Waals surface area (Å²) in [4.78, 5) is 0. The molecule has 18 heavy (non-hydrogen) atoms. The summed E-state index contributed by atoms with van der Waals surface area (Å²) in [6, 6.07) is 2.98. The number of ether oxygens (including phenoxy) is 1. The molecule has 8 heteroatoms. The summed E-state index contributed by atoms with van der Waals surface area (Å²) >= 11 is 0. The van der Waals surface area contributed by atoms with Crippen LogP contribution in [0, 0.1) is 5.41 Å². The Morgan fingerprint density at radius 1 is 1.50 bits per heavy atom. The lowest BCUT2D eigenvalue weighted by atomic mass is 10.4. The smallest absolute Gasteiger partial charge is 0.197 e. The van der Waals surface area contributed by atoms with Crippen molar-refractivity contribution in [2.75, 3.05) is 5.75 Å². The Kier molecular flexibility index (Phi) is 5.17. The first-order valence-electron chi connectivity index (χ1n) is 5.41. The number of nitrogens with zero attached hydrogens (tertiary/aromatic N) is 2. The van der Waals surface area contributed by atoms with Gasteiger partial charge in [-0.1, -0.05) is 6.92 Å². The molecule has 7 nitrogen and oxygen atoms in total. The van der Waals surface area contributed by atoms with Gasteiger partial charge in [0.15, 0.2) is 14.9 Å². The summed E-state index contributed by atoms with van der Waals surface area (Å²) in [5.41, 5.74) is 0.531. The Hall–Kier alpha value is -1.54. The minimum Gasteiger partial charge on any atom is -0.353 e. The second-order valence-corrected chi connectivity index (χ2v) is 5.76. The molecule has 0 saturated carbocycles. The summed E-state index contributed by atoms with van der Waals surface area (Å²) in [6.45, 7) is 3.49. The maximum absolute atomic E-state index is 11.5. The average Bonchev–Trinajstić information content (AvgIpc) is 2.37. The second-order valence-electron chi connectivity index (χ2n) is 3.53. The molecule has 0 fully saturated rings. The van der Waals surface area contributed by atoms with Crippen LogP contribution in [0.15, 0.2) is 17.2 Å². The van der Waals surface area contributed by atoms with Crippen molar-refractivity contribution >= 4 is 16.2 Å². The molecule has 1 aromatic heterocycles. The third-order valence-corrected chi connectivity index (χ3v) is 3.81. The van der Waals surface area contributed by atoms with Crippen LogP contribution < -0.4 is 5.32 Å². The molecular weight excluding hydrogens is 256 g/mol. The first-order chi connectivity index (χ1) is 8.49. The third kappa shape index (κ3) is 4.04. The minimum absolute atomic E-state index is 0.00217. The fraction of sp³-hybridized carbons (Fsp3) is 0.500. The van der Waals surface area contributed by atoms with E-state index in [0.717, 1.165) is 6.34 Å². The van der Waals surface area contributed by atoms with Crippen molar-refractivity contribution in [2.45, 2.75) is 31.7 Å². The van der Waals surface area contributed by atoms with Crippen molar-refractivity contribution in [3.8, 4) is 0 Å². The predicted octanol–water partition coefficient (Wildman–Crippen LogP) is 0.329. The third-order valence-electron chi connectivity index (χ3n) is 2.19. The Morgan fingerprint density at radius 2 is 2.22 bits per heavy atom. The number of rotatable bonds is 7. The molecule has 0 amide bonds. The van der Waals surface area contributed by atoms with Gasteiger partial charge in [-0.3, -0.25) is 5.41 Å². The topological polar surface area (TPSA) is 105 Å². The molecule has 1 heterocycles. The SMILES string of the molecule is CCS(=O)(=O)c1ccc(COC(C)NC=N)nn1. The van der Waals surface area contributed by atoms with Gasteiger partial charge in [-0.05, 0) is 19.1 Å². The Balaban J connectivity index is 2.64. The van der Waals surface area contributed by atoms with E-state index in [2.05, 4.69) is 15.5 Å². The van der Waals surface area contributed by atoms with Gasteiger partial charge in [0.1, 0.15) is 6.23 Å². The fourth-order valence-electron chi connectivity index (χ4n) is 1.11. The monoisotopic (exact) mass is 272 g/mol. The average molecular weight is 272 g/mol. The van der Waals surface area contributed by atoms with Gasteiger partial charge in [-0.25, -0.2) is 8.42 Å². The van der Waals surface area contributed by atoms with Gasteiger partial charge in [-0.2, -0.15) is 5.10 Å². The second kappa shape index (κ2) is 6.41. The maximum atomic E-state index is 11.5. The van der Waals surface area contributed by atoms with Gasteiger partial charge in [0.05, 0.1) is 24.4 Å². The van der Waals surface area contributed by atoms with Crippen molar-refractivity contribution in [1.82, 2.24) is 15.5 Å². The standard InChI is InChI=1S/C10H16N4O3S/c1-3-18(15,16)10-5-4-9(13-14-10)6-17-8(2)12-7-11/h4-5,7-8H,3,6H2,1-2H3,(H2,11,12). The first-order valence-corrected chi connectivity index (χ1v) is 7.06. The van der Waals surface area contributed by atoms with Crippen LogP contribution in [-0.4, -0.2) is 36.9 Å². The lowest BCUT2D eigenvalue weighted by Crippen LogP contribution is -2.26. The lowest BCUT2D eigenvalue weighted by Gasteiger charge is -2.11. The lowest BCUT2D eigenvalue weighted by molar-refractivity contribution is 0.0420. The number of aromatic nitrogens is 2. The normalized spacial score (nSPS) is 13.0. The van der Waals surface area contributed by atoms with Crippen molar-refractivity contribution in [2.24, 2.45) is 0 Å². The first kappa shape index (κ1) is 14.5. The molecule has 0 bridgehead atoms. The van der Waals surface area contributed by atoms with Crippen LogP contribution in [0.4, 0.5) is 0 Å². The van der Waals surface area contributed by atoms with Gasteiger partial charge in [0.25, 0.3) is 0 Å². The van der Waals surface area contributed by atoms with E-state index in [-0.39, 0.29) is 23.6 Å². The van der Waals surface area contributed by atoms with E-state index in [9.17, 15) is 8.42 Å². The molecule has 100 valence electrons. The minimum atomic E-state index is -3.31. The van der Waals surface area contributed by atoms with Gasteiger partial charge >= 0.3 is 0 Å². The molecule has 0 aliphatic rings. The van der Waals surface area contributed by atoms with E-state index >= 15 is 0 Å². The fourth-order valence-corrected chi connectivity index (χ4v) is 1.85. The molecule has 0 saturated heterocycles. The quantitative estimate of drug-likeness (QED) is 0.421. The number of sulfone groups is 1.